The number of aromatic nitrogens is 1. The Kier molecular flexibility index (Phi) is 9.70. The molecule has 0 aliphatic carbocycles. The highest BCUT2D eigenvalue weighted by atomic mass is 127. The van der Waals surface area contributed by atoms with Gasteiger partial charge in [-0.1, -0.05) is 19.1 Å². The monoisotopic (exact) mass is 517 g/mol. The quantitative estimate of drug-likeness (QED) is 0.348. The van der Waals surface area contributed by atoms with Crippen LogP contribution in [0.1, 0.15) is 22.4 Å². The summed E-state index contributed by atoms with van der Waals surface area (Å²) < 4.78 is 0. The smallest absolute Gasteiger partial charge is 0.191 e. The average Bonchev–Trinajstić information content (AvgIpc) is 3.17. The highest BCUT2D eigenvalue weighted by molar-refractivity contribution is 14.0. The number of thiazole rings is 1. The molecule has 1 aliphatic rings. The first-order chi connectivity index (χ1) is 12.8. The third kappa shape index (κ3) is 6.83. The number of aliphatic imine (C=N–C) groups is 1. The molecule has 3 rings (SSSR count). The Labute approximate surface area is 187 Å². The van der Waals surface area contributed by atoms with Gasteiger partial charge < -0.3 is 15.5 Å². The summed E-state index contributed by atoms with van der Waals surface area (Å²) in [7, 11) is 1.80. The molecule has 1 aromatic carbocycles. The fraction of sp³-hybridized carbons (Fsp3) is 0.474. The number of halogens is 1. The molecule has 0 atom stereocenters. The van der Waals surface area contributed by atoms with Crippen LogP contribution in [-0.4, -0.2) is 42.6 Å². The number of guanidine groups is 1. The molecule has 0 spiro atoms. The van der Waals surface area contributed by atoms with E-state index in [-0.39, 0.29) is 24.0 Å². The van der Waals surface area contributed by atoms with Crippen molar-refractivity contribution < 1.29 is 0 Å². The van der Waals surface area contributed by atoms with Crippen LogP contribution in [0.2, 0.25) is 0 Å². The second kappa shape index (κ2) is 11.8. The van der Waals surface area contributed by atoms with Gasteiger partial charge in [-0.25, -0.2) is 4.98 Å². The van der Waals surface area contributed by atoms with Crippen LogP contribution in [0.25, 0.3) is 0 Å². The highest BCUT2D eigenvalue weighted by Crippen LogP contribution is 2.19. The van der Waals surface area contributed by atoms with Gasteiger partial charge in [-0.2, -0.15) is 11.8 Å². The van der Waals surface area contributed by atoms with Crippen molar-refractivity contribution in [2.45, 2.75) is 26.4 Å². The number of hydrogen-bond acceptors (Lipinski definition) is 5. The number of nitrogens with zero attached hydrogens (tertiary/aromatic N) is 3. The maximum Gasteiger partial charge on any atom is 0.191 e. The molecule has 0 unspecified atom stereocenters. The topological polar surface area (TPSA) is 52.6 Å². The summed E-state index contributed by atoms with van der Waals surface area (Å²) in [5, 5.41) is 7.80. The molecule has 1 fully saturated rings. The Morgan fingerprint density at radius 3 is 2.48 bits per heavy atom. The molecule has 2 heterocycles. The average molecular weight is 518 g/mol. The second-order valence-corrected chi connectivity index (χ2v) is 8.54. The van der Waals surface area contributed by atoms with E-state index in [1.54, 1.807) is 18.4 Å². The van der Waals surface area contributed by atoms with Gasteiger partial charge >= 0.3 is 0 Å². The lowest BCUT2D eigenvalue weighted by Crippen LogP contribution is -2.36. The van der Waals surface area contributed by atoms with Gasteiger partial charge in [-0.3, -0.25) is 4.99 Å². The summed E-state index contributed by atoms with van der Waals surface area (Å²) in [5.41, 5.74) is 2.58. The zero-order valence-electron chi connectivity index (χ0n) is 15.9. The molecule has 0 amide bonds. The van der Waals surface area contributed by atoms with Crippen molar-refractivity contribution in [2.75, 3.05) is 36.5 Å². The molecule has 2 aromatic rings. The van der Waals surface area contributed by atoms with Gasteiger partial charge in [-0.05, 0) is 24.1 Å². The van der Waals surface area contributed by atoms with E-state index in [9.17, 15) is 0 Å². The molecule has 148 valence electrons. The summed E-state index contributed by atoms with van der Waals surface area (Å²) in [6.45, 7) is 5.91. The minimum Gasteiger partial charge on any atom is -0.370 e. The van der Waals surface area contributed by atoms with E-state index in [2.05, 4.69) is 56.7 Å². The van der Waals surface area contributed by atoms with Crippen LogP contribution in [-0.2, 0) is 19.5 Å². The Morgan fingerprint density at radius 1 is 1.15 bits per heavy atom. The van der Waals surface area contributed by atoms with Crippen LogP contribution in [0.15, 0.2) is 35.5 Å². The van der Waals surface area contributed by atoms with Crippen molar-refractivity contribution in [1.82, 2.24) is 15.6 Å². The minimum atomic E-state index is 0. The number of rotatable bonds is 6. The van der Waals surface area contributed by atoms with Crippen molar-refractivity contribution in [3.05, 3.63) is 45.9 Å². The molecule has 0 saturated carbocycles. The molecule has 5 nitrogen and oxygen atoms in total. The number of thioether (sulfide) groups is 1. The number of benzene rings is 1. The minimum absolute atomic E-state index is 0. The van der Waals surface area contributed by atoms with Crippen molar-refractivity contribution in [3.8, 4) is 0 Å². The molecular weight excluding hydrogens is 489 g/mol. The van der Waals surface area contributed by atoms with Gasteiger partial charge in [0, 0.05) is 54.9 Å². The summed E-state index contributed by atoms with van der Waals surface area (Å²) >= 11 is 3.79. The lowest BCUT2D eigenvalue weighted by Gasteiger charge is -2.28. The Bertz CT molecular complexity index is 711. The molecule has 2 N–H and O–H groups in total. The van der Waals surface area contributed by atoms with Crippen LogP contribution >= 0.6 is 47.1 Å². The SMILES string of the molecule is CCc1cnc(CNC(=NC)NCc2ccc(N3CCSCC3)cc2)s1.I. The first kappa shape index (κ1) is 22.3. The van der Waals surface area contributed by atoms with Crippen molar-refractivity contribution in [2.24, 2.45) is 4.99 Å². The first-order valence-electron chi connectivity index (χ1n) is 9.08. The lowest BCUT2D eigenvalue weighted by molar-refractivity contribution is 0.804. The first-order valence-corrected chi connectivity index (χ1v) is 11.1. The fourth-order valence-corrected chi connectivity index (χ4v) is 4.51. The fourth-order valence-electron chi connectivity index (χ4n) is 2.81. The number of hydrogen-bond donors (Lipinski definition) is 2. The van der Waals surface area contributed by atoms with Crippen LogP contribution in [0.5, 0.6) is 0 Å². The van der Waals surface area contributed by atoms with Gasteiger partial charge in [0.2, 0.25) is 0 Å². The molecule has 1 aromatic heterocycles. The maximum atomic E-state index is 4.43. The predicted octanol–water partition coefficient (Wildman–Crippen LogP) is 3.74. The van der Waals surface area contributed by atoms with Gasteiger partial charge in [-0.15, -0.1) is 35.3 Å². The summed E-state index contributed by atoms with van der Waals surface area (Å²) in [6.07, 6.45) is 3.00. The molecule has 27 heavy (non-hydrogen) atoms. The summed E-state index contributed by atoms with van der Waals surface area (Å²) in [5.74, 6) is 3.25. The van der Waals surface area contributed by atoms with E-state index in [1.807, 2.05) is 18.0 Å². The molecule has 1 saturated heterocycles. The van der Waals surface area contributed by atoms with Crippen LogP contribution in [0.4, 0.5) is 5.69 Å². The Morgan fingerprint density at radius 2 is 1.85 bits per heavy atom. The van der Waals surface area contributed by atoms with Crippen molar-refractivity contribution in [3.63, 3.8) is 0 Å². The standard InChI is InChI=1S/C19H27N5S2.HI/c1-3-17-13-21-18(26-17)14-23-19(20-2)22-12-15-4-6-16(7-5-15)24-8-10-25-11-9-24;/h4-7,13H,3,8-12,14H2,1-2H3,(H2,20,22,23);1H. The Balaban J connectivity index is 0.00000261. The molecule has 8 heteroatoms. The number of nitrogens with one attached hydrogen (secondary N) is 2. The lowest BCUT2D eigenvalue weighted by atomic mass is 10.2. The molecule has 0 bridgehead atoms. The summed E-state index contributed by atoms with van der Waals surface area (Å²) in [6, 6.07) is 8.85. The number of aryl methyl sites for hydroxylation is 1. The van der Waals surface area contributed by atoms with Gasteiger partial charge in [0.1, 0.15) is 5.01 Å². The van der Waals surface area contributed by atoms with Crippen molar-refractivity contribution >= 4 is 58.7 Å². The van der Waals surface area contributed by atoms with E-state index < -0.39 is 0 Å². The van der Waals surface area contributed by atoms with Gasteiger partial charge in [0.15, 0.2) is 5.96 Å². The number of anilines is 1. The third-order valence-corrected chi connectivity index (χ3v) is 6.44. The molecular formula is C19H28IN5S2. The van der Waals surface area contributed by atoms with Crippen molar-refractivity contribution in [1.29, 1.82) is 0 Å². The zero-order chi connectivity index (χ0) is 18.2. The summed E-state index contributed by atoms with van der Waals surface area (Å²) in [4.78, 5) is 12.5. The van der Waals surface area contributed by atoms with E-state index in [1.165, 1.54) is 27.6 Å². The third-order valence-electron chi connectivity index (χ3n) is 4.35. The van der Waals surface area contributed by atoms with Crippen LogP contribution in [0, 0.1) is 0 Å². The van der Waals surface area contributed by atoms with Crippen LogP contribution < -0.4 is 15.5 Å². The maximum absolute atomic E-state index is 4.43. The van der Waals surface area contributed by atoms with E-state index in [0.29, 0.717) is 6.54 Å². The highest BCUT2D eigenvalue weighted by Gasteiger charge is 2.10. The van der Waals surface area contributed by atoms with E-state index >= 15 is 0 Å². The largest absolute Gasteiger partial charge is 0.370 e. The zero-order valence-corrected chi connectivity index (χ0v) is 19.9. The molecule has 1 aliphatic heterocycles. The van der Waals surface area contributed by atoms with E-state index in [0.717, 1.165) is 37.0 Å². The molecule has 0 radical (unpaired) electrons. The van der Waals surface area contributed by atoms with Gasteiger partial charge in [0.25, 0.3) is 0 Å². The van der Waals surface area contributed by atoms with Crippen LogP contribution in [0.3, 0.4) is 0 Å². The van der Waals surface area contributed by atoms with Gasteiger partial charge in [0.05, 0.1) is 6.54 Å². The second-order valence-electron chi connectivity index (χ2n) is 6.12. The normalized spacial score (nSPS) is 14.6. The Hall–Kier alpha value is -1.000. The predicted molar refractivity (Wildman–Crippen MR) is 130 cm³/mol. The van der Waals surface area contributed by atoms with E-state index in [4.69, 9.17) is 0 Å².